The average Bonchev–Trinajstić information content (AvgIpc) is 3.28. The summed E-state index contributed by atoms with van der Waals surface area (Å²) in [6.07, 6.45) is 3.70. The molecule has 0 unspecified atom stereocenters. The number of nitrogens with zero attached hydrogens (tertiary/aromatic N) is 3. The number of rotatable bonds is 8. The minimum absolute atomic E-state index is 0.0944. The summed E-state index contributed by atoms with van der Waals surface area (Å²) in [5.74, 6) is -0.244. The molecule has 0 aliphatic carbocycles. The maximum absolute atomic E-state index is 12.8. The molecular formula is C23H26N4O4S. The molecule has 0 atom stereocenters. The van der Waals surface area contributed by atoms with Gasteiger partial charge in [-0.05, 0) is 28.8 Å². The van der Waals surface area contributed by atoms with Crippen molar-refractivity contribution in [2.75, 3.05) is 26.3 Å². The van der Waals surface area contributed by atoms with Crippen molar-refractivity contribution in [3.05, 3.63) is 83.7 Å². The fraction of sp³-hybridized carbons (Fsp3) is 0.304. The zero-order chi connectivity index (χ0) is 22.4. The molecule has 168 valence electrons. The molecule has 4 rings (SSSR count). The summed E-state index contributed by atoms with van der Waals surface area (Å²) < 4.78 is 34.0. The highest BCUT2D eigenvalue weighted by atomic mass is 32.2. The van der Waals surface area contributed by atoms with Crippen LogP contribution in [0.5, 0.6) is 0 Å². The van der Waals surface area contributed by atoms with Crippen LogP contribution < -0.4 is 5.32 Å². The molecule has 0 spiro atoms. The van der Waals surface area contributed by atoms with Gasteiger partial charge in [-0.1, -0.05) is 42.5 Å². The molecule has 2 aromatic carbocycles. The van der Waals surface area contributed by atoms with E-state index in [1.807, 2.05) is 54.7 Å². The first-order valence-electron chi connectivity index (χ1n) is 10.5. The van der Waals surface area contributed by atoms with Crippen LogP contribution in [-0.4, -0.2) is 54.7 Å². The molecule has 1 saturated heterocycles. The summed E-state index contributed by atoms with van der Waals surface area (Å²) in [7, 11) is -3.44. The van der Waals surface area contributed by atoms with Gasteiger partial charge in [0.2, 0.25) is 15.9 Å². The summed E-state index contributed by atoms with van der Waals surface area (Å²) in [6, 6.07) is 17.0. The van der Waals surface area contributed by atoms with Gasteiger partial charge >= 0.3 is 0 Å². The third-order valence-corrected chi connectivity index (χ3v) is 7.14. The predicted octanol–water partition coefficient (Wildman–Crippen LogP) is 1.89. The maximum atomic E-state index is 12.8. The van der Waals surface area contributed by atoms with Gasteiger partial charge in [0.25, 0.3) is 0 Å². The van der Waals surface area contributed by atoms with E-state index in [9.17, 15) is 13.2 Å². The molecular weight excluding hydrogens is 428 g/mol. The second-order valence-corrected chi connectivity index (χ2v) is 9.59. The molecule has 1 aliphatic heterocycles. The van der Waals surface area contributed by atoms with Crippen molar-refractivity contribution < 1.29 is 17.9 Å². The van der Waals surface area contributed by atoms with Crippen LogP contribution in [0.3, 0.4) is 0 Å². The van der Waals surface area contributed by atoms with Crippen LogP contribution in [-0.2, 0) is 38.3 Å². The van der Waals surface area contributed by atoms with Crippen LogP contribution in [0, 0.1) is 0 Å². The van der Waals surface area contributed by atoms with Crippen molar-refractivity contribution in [3.8, 4) is 5.69 Å². The zero-order valence-corrected chi connectivity index (χ0v) is 18.5. The SMILES string of the molecule is O=C(Cc1cnn(-c2ccccc2)c1)NCc1ccccc1CS(=O)(=O)N1CCOCC1. The van der Waals surface area contributed by atoms with Crippen LogP contribution >= 0.6 is 0 Å². The molecule has 1 N–H and O–H groups in total. The Labute approximate surface area is 187 Å². The Kier molecular flexibility index (Phi) is 6.99. The van der Waals surface area contributed by atoms with Crippen molar-refractivity contribution in [2.45, 2.75) is 18.7 Å². The number of nitrogens with one attached hydrogen (secondary N) is 1. The molecule has 32 heavy (non-hydrogen) atoms. The number of amides is 1. The van der Waals surface area contributed by atoms with Gasteiger partial charge in [-0.15, -0.1) is 0 Å². The van der Waals surface area contributed by atoms with Crippen LogP contribution in [0.4, 0.5) is 0 Å². The summed E-state index contributed by atoms with van der Waals surface area (Å²) >= 11 is 0. The lowest BCUT2D eigenvalue weighted by atomic mass is 10.1. The van der Waals surface area contributed by atoms with Crippen LogP contribution in [0.1, 0.15) is 16.7 Å². The summed E-state index contributed by atoms with van der Waals surface area (Å²) in [4.78, 5) is 12.5. The molecule has 2 heterocycles. The molecule has 1 aromatic heterocycles. The van der Waals surface area contributed by atoms with Gasteiger partial charge in [0, 0.05) is 25.8 Å². The fourth-order valence-electron chi connectivity index (χ4n) is 3.60. The lowest BCUT2D eigenvalue weighted by molar-refractivity contribution is -0.120. The van der Waals surface area contributed by atoms with Gasteiger partial charge in [0.15, 0.2) is 0 Å². The lowest BCUT2D eigenvalue weighted by Gasteiger charge is -2.26. The largest absolute Gasteiger partial charge is 0.379 e. The summed E-state index contributed by atoms with van der Waals surface area (Å²) in [6.45, 7) is 1.84. The molecule has 0 saturated carbocycles. The van der Waals surface area contributed by atoms with E-state index in [1.165, 1.54) is 4.31 Å². The molecule has 1 amide bonds. The van der Waals surface area contributed by atoms with Gasteiger partial charge in [0.05, 0.1) is 37.3 Å². The zero-order valence-electron chi connectivity index (χ0n) is 17.7. The third-order valence-electron chi connectivity index (χ3n) is 5.32. The highest BCUT2D eigenvalue weighted by molar-refractivity contribution is 7.88. The van der Waals surface area contributed by atoms with Gasteiger partial charge in [-0.3, -0.25) is 4.79 Å². The van der Waals surface area contributed by atoms with E-state index in [1.54, 1.807) is 16.9 Å². The lowest BCUT2D eigenvalue weighted by Crippen LogP contribution is -2.41. The van der Waals surface area contributed by atoms with E-state index >= 15 is 0 Å². The minimum atomic E-state index is -3.44. The first-order chi connectivity index (χ1) is 15.5. The predicted molar refractivity (Wildman–Crippen MR) is 121 cm³/mol. The molecule has 3 aromatic rings. The van der Waals surface area contributed by atoms with E-state index < -0.39 is 10.0 Å². The van der Waals surface area contributed by atoms with E-state index in [2.05, 4.69) is 10.4 Å². The molecule has 8 nitrogen and oxygen atoms in total. The Morgan fingerprint density at radius 1 is 1.00 bits per heavy atom. The molecule has 1 fully saturated rings. The number of hydrogen-bond acceptors (Lipinski definition) is 5. The first-order valence-corrected chi connectivity index (χ1v) is 12.1. The van der Waals surface area contributed by atoms with Crippen molar-refractivity contribution in [1.29, 1.82) is 0 Å². The van der Waals surface area contributed by atoms with Gasteiger partial charge in [-0.2, -0.15) is 9.40 Å². The summed E-state index contributed by atoms with van der Waals surface area (Å²) in [5.41, 5.74) is 3.21. The second kappa shape index (κ2) is 10.1. The quantitative estimate of drug-likeness (QED) is 0.561. The van der Waals surface area contributed by atoms with E-state index in [0.717, 1.165) is 16.8 Å². The minimum Gasteiger partial charge on any atom is -0.379 e. The Balaban J connectivity index is 1.36. The molecule has 0 bridgehead atoms. The highest BCUT2D eigenvalue weighted by Crippen LogP contribution is 2.17. The second-order valence-electron chi connectivity index (χ2n) is 7.62. The number of aromatic nitrogens is 2. The number of carbonyl (C=O) groups excluding carboxylic acids is 1. The summed E-state index contributed by atoms with van der Waals surface area (Å²) in [5, 5.41) is 7.21. The molecule has 9 heteroatoms. The number of ether oxygens (including phenoxy) is 1. The van der Waals surface area contributed by atoms with Crippen molar-refractivity contribution in [2.24, 2.45) is 0 Å². The Bertz CT molecular complexity index is 1160. The topological polar surface area (TPSA) is 93.5 Å². The van der Waals surface area contributed by atoms with Gasteiger partial charge in [0.1, 0.15) is 0 Å². The average molecular weight is 455 g/mol. The van der Waals surface area contributed by atoms with E-state index in [-0.39, 0.29) is 24.6 Å². The van der Waals surface area contributed by atoms with Crippen LogP contribution in [0.25, 0.3) is 5.69 Å². The number of benzene rings is 2. The number of hydrogen-bond donors (Lipinski definition) is 1. The van der Waals surface area contributed by atoms with E-state index in [4.69, 9.17) is 4.74 Å². The number of morpholine rings is 1. The standard InChI is InChI=1S/C23H26N4O4S/c28-23(14-19-15-25-27(17-19)22-8-2-1-3-9-22)24-16-20-6-4-5-7-21(20)18-32(29,30)26-10-12-31-13-11-26/h1-9,15,17H,10-14,16,18H2,(H,24,28). The molecule has 1 aliphatic rings. The maximum Gasteiger partial charge on any atom is 0.224 e. The Morgan fingerprint density at radius 3 is 2.44 bits per heavy atom. The normalized spacial score (nSPS) is 14.9. The van der Waals surface area contributed by atoms with Crippen LogP contribution in [0.2, 0.25) is 0 Å². The smallest absolute Gasteiger partial charge is 0.224 e. The fourth-order valence-corrected chi connectivity index (χ4v) is 5.16. The van der Waals surface area contributed by atoms with Gasteiger partial charge in [-0.25, -0.2) is 13.1 Å². The Hall–Kier alpha value is -3.01. The molecule has 0 radical (unpaired) electrons. The third kappa shape index (κ3) is 5.61. The van der Waals surface area contributed by atoms with Crippen molar-refractivity contribution in [3.63, 3.8) is 0 Å². The highest BCUT2D eigenvalue weighted by Gasteiger charge is 2.25. The Morgan fingerprint density at radius 2 is 1.69 bits per heavy atom. The van der Waals surface area contributed by atoms with Crippen LogP contribution in [0.15, 0.2) is 67.0 Å². The number of para-hydroxylation sites is 1. The number of sulfonamides is 1. The monoisotopic (exact) mass is 454 g/mol. The number of carbonyl (C=O) groups is 1. The van der Waals surface area contributed by atoms with Crippen molar-refractivity contribution >= 4 is 15.9 Å². The first kappa shape index (κ1) is 22.2. The van der Waals surface area contributed by atoms with Crippen molar-refractivity contribution in [1.82, 2.24) is 19.4 Å². The van der Waals surface area contributed by atoms with Gasteiger partial charge < -0.3 is 10.1 Å². The van der Waals surface area contributed by atoms with E-state index in [0.29, 0.717) is 31.9 Å².